The predicted molar refractivity (Wildman–Crippen MR) is 48.7 cm³/mol. The van der Waals surface area contributed by atoms with Crippen molar-refractivity contribution in [3.63, 3.8) is 0 Å². The van der Waals surface area contributed by atoms with Gasteiger partial charge in [0.15, 0.2) is 0 Å². The van der Waals surface area contributed by atoms with E-state index < -0.39 is 0 Å². The van der Waals surface area contributed by atoms with Gasteiger partial charge in [-0.15, -0.1) is 0 Å². The van der Waals surface area contributed by atoms with E-state index in [0.717, 1.165) is 25.9 Å². The summed E-state index contributed by atoms with van der Waals surface area (Å²) in [6.07, 6.45) is 4.00. The highest BCUT2D eigenvalue weighted by molar-refractivity contribution is 7.79. The Morgan fingerprint density at radius 1 is 1.36 bits per heavy atom. The summed E-state index contributed by atoms with van der Waals surface area (Å²) < 4.78 is 0. The molecule has 0 aromatic heterocycles. The van der Waals surface area contributed by atoms with Crippen molar-refractivity contribution < 1.29 is 4.79 Å². The lowest BCUT2D eigenvalue weighted by atomic mass is 10.1. The van der Waals surface area contributed by atoms with Gasteiger partial charge in [-0.3, -0.25) is 4.79 Å². The van der Waals surface area contributed by atoms with Crippen LogP contribution in [0, 0.1) is 0 Å². The molecule has 0 saturated carbocycles. The minimum Gasteiger partial charge on any atom is -0.342 e. The molecule has 0 aliphatic carbocycles. The first-order chi connectivity index (χ1) is 5.34. The lowest BCUT2D eigenvalue weighted by molar-refractivity contribution is -0.130. The fraction of sp³-hybridized carbons (Fsp3) is 0.750. The number of likely N-dealkylation sites (tertiary alicyclic amines) is 1. The maximum Gasteiger partial charge on any atom is 0.227 e. The minimum atomic E-state index is 0.194. The topological polar surface area (TPSA) is 20.3 Å². The van der Waals surface area contributed by atoms with Crippen molar-refractivity contribution in [2.45, 2.75) is 25.7 Å². The second kappa shape index (κ2) is 4.44. The Kier molecular flexibility index (Phi) is 3.49. The fourth-order valence-corrected chi connectivity index (χ4v) is 1.49. The van der Waals surface area contributed by atoms with E-state index in [-0.39, 0.29) is 5.91 Å². The average Bonchev–Trinajstić information content (AvgIpc) is 2.07. The van der Waals surface area contributed by atoms with Gasteiger partial charge in [-0.2, -0.15) is 0 Å². The Bertz CT molecular complexity index is 152. The summed E-state index contributed by atoms with van der Waals surface area (Å²) in [4.78, 5) is 13.1. The minimum absolute atomic E-state index is 0.194. The first kappa shape index (κ1) is 8.65. The largest absolute Gasteiger partial charge is 0.342 e. The van der Waals surface area contributed by atoms with Crippen LogP contribution in [0.3, 0.4) is 0 Å². The highest BCUT2D eigenvalue weighted by Crippen LogP contribution is 2.09. The number of rotatable bonds is 2. The highest BCUT2D eigenvalue weighted by Gasteiger charge is 2.14. The first-order valence-corrected chi connectivity index (χ1v) is 4.53. The van der Waals surface area contributed by atoms with E-state index in [1.807, 2.05) is 4.90 Å². The molecule has 0 bridgehead atoms. The number of carbonyl (C=O) groups excluding carboxylic acids is 1. The van der Waals surface area contributed by atoms with Crippen LogP contribution in [0.2, 0.25) is 0 Å². The van der Waals surface area contributed by atoms with Gasteiger partial charge >= 0.3 is 0 Å². The van der Waals surface area contributed by atoms with Crippen LogP contribution in [0.25, 0.3) is 0 Å². The lowest BCUT2D eigenvalue weighted by Crippen LogP contribution is -2.35. The normalized spacial score (nSPS) is 18.0. The molecule has 62 valence electrons. The molecular weight excluding hydrogens is 158 g/mol. The third-order valence-corrected chi connectivity index (χ3v) is 2.13. The van der Waals surface area contributed by atoms with Gasteiger partial charge in [-0.25, -0.2) is 0 Å². The Hall–Kier alpha value is -0.440. The van der Waals surface area contributed by atoms with Gasteiger partial charge in [0, 0.05) is 13.1 Å². The molecule has 0 N–H and O–H groups in total. The summed E-state index contributed by atoms with van der Waals surface area (Å²) in [7, 11) is 0. The summed E-state index contributed by atoms with van der Waals surface area (Å²) >= 11 is 4.63. The Morgan fingerprint density at radius 2 is 2.00 bits per heavy atom. The van der Waals surface area contributed by atoms with Gasteiger partial charge in [0.25, 0.3) is 0 Å². The molecule has 0 spiro atoms. The van der Waals surface area contributed by atoms with Gasteiger partial charge < -0.3 is 4.90 Å². The van der Waals surface area contributed by atoms with Crippen LogP contribution in [-0.4, -0.2) is 29.3 Å². The molecule has 1 aliphatic rings. The molecule has 11 heavy (non-hydrogen) atoms. The van der Waals surface area contributed by atoms with E-state index in [1.54, 1.807) is 0 Å². The first-order valence-electron chi connectivity index (χ1n) is 4.06. The maximum absolute atomic E-state index is 11.2. The fourth-order valence-electron chi connectivity index (χ4n) is 1.34. The quantitative estimate of drug-likeness (QED) is 0.585. The van der Waals surface area contributed by atoms with Crippen LogP contribution in [0.5, 0.6) is 0 Å². The molecule has 1 amide bonds. The number of carbonyl (C=O) groups is 1. The van der Waals surface area contributed by atoms with Crippen molar-refractivity contribution in [2.75, 3.05) is 13.1 Å². The summed E-state index contributed by atoms with van der Waals surface area (Å²) in [5.41, 5.74) is 0. The predicted octanol–water partition coefficient (Wildman–Crippen LogP) is 1.39. The van der Waals surface area contributed by atoms with Crippen molar-refractivity contribution in [1.29, 1.82) is 0 Å². The van der Waals surface area contributed by atoms with Gasteiger partial charge in [0.05, 0.1) is 6.42 Å². The van der Waals surface area contributed by atoms with Gasteiger partial charge in [-0.05, 0) is 24.6 Å². The lowest BCUT2D eigenvalue weighted by Gasteiger charge is -2.26. The summed E-state index contributed by atoms with van der Waals surface area (Å²) in [6, 6.07) is 0. The number of nitrogens with zero attached hydrogens (tertiary/aromatic N) is 1. The molecule has 1 saturated heterocycles. The second-order valence-electron chi connectivity index (χ2n) is 2.81. The Balaban J connectivity index is 2.32. The number of amides is 1. The number of piperidine rings is 1. The molecule has 1 rings (SSSR count). The molecular formula is C8H13NOS. The zero-order chi connectivity index (χ0) is 8.10. The molecule has 1 heterocycles. The van der Waals surface area contributed by atoms with Crippen LogP contribution in [-0.2, 0) is 4.79 Å². The zero-order valence-electron chi connectivity index (χ0n) is 6.58. The molecule has 3 heteroatoms. The van der Waals surface area contributed by atoms with Gasteiger partial charge in [-0.1, -0.05) is 12.2 Å². The maximum atomic E-state index is 11.2. The van der Waals surface area contributed by atoms with Crippen molar-refractivity contribution in [1.82, 2.24) is 4.90 Å². The third kappa shape index (κ3) is 2.58. The molecule has 0 atom stereocenters. The SMILES string of the molecule is O=C(CC=S)N1CCCCC1. The van der Waals surface area contributed by atoms with Crippen LogP contribution < -0.4 is 0 Å². The summed E-state index contributed by atoms with van der Waals surface area (Å²) in [5, 5.41) is 1.51. The number of hydrogen-bond acceptors (Lipinski definition) is 2. The van der Waals surface area contributed by atoms with Crippen LogP contribution in [0.4, 0.5) is 0 Å². The smallest absolute Gasteiger partial charge is 0.227 e. The van der Waals surface area contributed by atoms with Crippen LogP contribution in [0.15, 0.2) is 0 Å². The highest BCUT2D eigenvalue weighted by atomic mass is 32.1. The second-order valence-corrected chi connectivity index (χ2v) is 3.15. The van der Waals surface area contributed by atoms with Crippen LogP contribution >= 0.6 is 12.2 Å². The van der Waals surface area contributed by atoms with E-state index in [2.05, 4.69) is 12.2 Å². The van der Waals surface area contributed by atoms with E-state index in [1.165, 1.54) is 11.8 Å². The Morgan fingerprint density at radius 3 is 2.55 bits per heavy atom. The average molecular weight is 171 g/mol. The van der Waals surface area contributed by atoms with Crippen molar-refractivity contribution >= 4 is 23.5 Å². The monoisotopic (exact) mass is 171 g/mol. The third-order valence-electron chi connectivity index (χ3n) is 1.97. The van der Waals surface area contributed by atoms with Crippen LogP contribution in [0.1, 0.15) is 25.7 Å². The molecule has 2 nitrogen and oxygen atoms in total. The molecule has 0 aromatic carbocycles. The summed E-state index contributed by atoms with van der Waals surface area (Å²) in [5.74, 6) is 0.194. The molecule has 0 radical (unpaired) electrons. The van der Waals surface area contributed by atoms with Gasteiger partial charge in [0.2, 0.25) is 5.91 Å². The molecule has 0 unspecified atom stereocenters. The van der Waals surface area contributed by atoms with E-state index in [0.29, 0.717) is 6.42 Å². The standard InChI is InChI=1S/C8H13NOS/c10-8(4-7-11)9-5-2-1-3-6-9/h7H,1-6H2. The van der Waals surface area contributed by atoms with Crippen molar-refractivity contribution in [3.8, 4) is 0 Å². The van der Waals surface area contributed by atoms with E-state index >= 15 is 0 Å². The Labute approximate surface area is 72.6 Å². The van der Waals surface area contributed by atoms with E-state index in [4.69, 9.17) is 0 Å². The van der Waals surface area contributed by atoms with Crippen molar-refractivity contribution in [2.24, 2.45) is 0 Å². The molecule has 1 fully saturated rings. The zero-order valence-corrected chi connectivity index (χ0v) is 7.40. The number of thiocarbonyl (C=S) groups is 1. The van der Waals surface area contributed by atoms with Gasteiger partial charge in [0.1, 0.15) is 0 Å². The molecule has 0 aromatic rings. The van der Waals surface area contributed by atoms with Crippen molar-refractivity contribution in [3.05, 3.63) is 0 Å². The number of hydrogen-bond donors (Lipinski definition) is 0. The van der Waals surface area contributed by atoms with E-state index in [9.17, 15) is 4.79 Å². The summed E-state index contributed by atoms with van der Waals surface area (Å²) in [6.45, 7) is 1.87. The molecule has 1 aliphatic heterocycles.